The van der Waals surface area contributed by atoms with Crippen LogP contribution in [0.25, 0.3) is 11.5 Å². The van der Waals surface area contributed by atoms with Crippen molar-refractivity contribution in [3.63, 3.8) is 0 Å². The Balaban J connectivity index is 1.58. The minimum Gasteiger partial charge on any atom is -0.346 e. The van der Waals surface area contributed by atoms with Gasteiger partial charge in [-0.3, -0.25) is 0 Å². The molecule has 1 N–H and O–H groups in total. The number of anilines is 1. The average molecular weight is 305 g/mol. The summed E-state index contributed by atoms with van der Waals surface area (Å²) in [5.74, 6) is 1.91. The van der Waals surface area contributed by atoms with Crippen LogP contribution in [0.15, 0.2) is 5.38 Å². The monoisotopic (exact) mass is 305 g/mol. The predicted octanol–water partition coefficient (Wildman–Crippen LogP) is 0.257. The van der Waals surface area contributed by atoms with Gasteiger partial charge in [0.1, 0.15) is 11.5 Å². The standard InChI is InChI=1S/C13H19N7S/c1-18-4-6-19(7-5-18)13-15-10(9-21-13)12-17-16-11-8-14-2-3-20(11)12/h9,14H,2-8H2,1H3. The number of nitrogens with zero attached hydrogens (tertiary/aromatic N) is 6. The highest BCUT2D eigenvalue weighted by Crippen LogP contribution is 2.27. The molecule has 0 radical (unpaired) electrons. The third-order valence-corrected chi connectivity index (χ3v) is 5.02. The van der Waals surface area contributed by atoms with Crippen LogP contribution in [0.3, 0.4) is 0 Å². The number of thiazole rings is 1. The second-order valence-corrected chi connectivity index (χ2v) is 6.41. The lowest BCUT2D eigenvalue weighted by Gasteiger charge is -2.32. The molecule has 0 spiro atoms. The summed E-state index contributed by atoms with van der Waals surface area (Å²) >= 11 is 1.71. The molecule has 0 aromatic carbocycles. The fourth-order valence-corrected chi connectivity index (χ4v) is 3.65. The Morgan fingerprint density at radius 2 is 2.00 bits per heavy atom. The van der Waals surface area contributed by atoms with Gasteiger partial charge < -0.3 is 19.7 Å². The van der Waals surface area contributed by atoms with Crippen molar-refractivity contribution in [3.8, 4) is 11.5 Å². The molecular weight excluding hydrogens is 286 g/mol. The number of fused-ring (bicyclic) bond motifs is 1. The molecule has 2 aliphatic heterocycles. The van der Waals surface area contributed by atoms with E-state index in [4.69, 9.17) is 4.98 Å². The molecule has 0 aliphatic carbocycles. The maximum atomic E-state index is 4.79. The molecular formula is C13H19N7S. The van der Waals surface area contributed by atoms with Crippen LogP contribution in [-0.4, -0.2) is 64.4 Å². The normalized spacial score (nSPS) is 19.8. The zero-order valence-corrected chi connectivity index (χ0v) is 12.9. The van der Waals surface area contributed by atoms with E-state index in [0.29, 0.717) is 0 Å². The van der Waals surface area contributed by atoms with Gasteiger partial charge in [-0.1, -0.05) is 0 Å². The minimum absolute atomic E-state index is 0.794. The summed E-state index contributed by atoms with van der Waals surface area (Å²) in [6, 6.07) is 0. The summed E-state index contributed by atoms with van der Waals surface area (Å²) in [7, 11) is 2.17. The van der Waals surface area contributed by atoms with Crippen LogP contribution in [0.2, 0.25) is 0 Å². The van der Waals surface area contributed by atoms with Gasteiger partial charge in [-0.15, -0.1) is 21.5 Å². The molecule has 0 bridgehead atoms. The molecule has 1 fully saturated rings. The van der Waals surface area contributed by atoms with E-state index in [0.717, 1.165) is 68.3 Å². The Morgan fingerprint density at radius 1 is 1.14 bits per heavy atom. The van der Waals surface area contributed by atoms with Crippen molar-refractivity contribution >= 4 is 16.5 Å². The van der Waals surface area contributed by atoms with Gasteiger partial charge in [-0.2, -0.15) is 0 Å². The zero-order chi connectivity index (χ0) is 14.2. The van der Waals surface area contributed by atoms with Gasteiger partial charge in [0.25, 0.3) is 0 Å². The molecule has 0 saturated carbocycles. The van der Waals surface area contributed by atoms with E-state index in [2.05, 4.69) is 42.3 Å². The molecule has 2 aromatic rings. The highest BCUT2D eigenvalue weighted by Gasteiger charge is 2.21. The van der Waals surface area contributed by atoms with Crippen molar-refractivity contribution < 1.29 is 0 Å². The van der Waals surface area contributed by atoms with Gasteiger partial charge >= 0.3 is 0 Å². The van der Waals surface area contributed by atoms with Gasteiger partial charge in [0, 0.05) is 44.6 Å². The lowest BCUT2D eigenvalue weighted by Crippen LogP contribution is -2.44. The summed E-state index contributed by atoms with van der Waals surface area (Å²) in [5.41, 5.74) is 0.953. The Kier molecular flexibility index (Phi) is 3.36. The molecule has 8 heteroatoms. The van der Waals surface area contributed by atoms with Gasteiger partial charge in [0.05, 0.1) is 6.54 Å². The molecule has 112 valence electrons. The van der Waals surface area contributed by atoms with Crippen LogP contribution in [0.1, 0.15) is 5.82 Å². The largest absolute Gasteiger partial charge is 0.346 e. The third kappa shape index (κ3) is 2.43. The van der Waals surface area contributed by atoms with Crippen molar-refractivity contribution in [2.45, 2.75) is 13.1 Å². The van der Waals surface area contributed by atoms with Gasteiger partial charge in [-0.25, -0.2) is 4.98 Å². The van der Waals surface area contributed by atoms with E-state index in [1.165, 1.54) is 0 Å². The lowest BCUT2D eigenvalue weighted by molar-refractivity contribution is 0.313. The van der Waals surface area contributed by atoms with Crippen LogP contribution in [0, 0.1) is 0 Å². The molecule has 0 atom stereocenters. The van der Waals surface area contributed by atoms with Gasteiger partial charge in [0.15, 0.2) is 11.0 Å². The number of aromatic nitrogens is 4. The maximum absolute atomic E-state index is 4.79. The lowest BCUT2D eigenvalue weighted by atomic mass is 10.3. The highest BCUT2D eigenvalue weighted by atomic mass is 32.1. The molecule has 1 saturated heterocycles. The van der Waals surface area contributed by atoms with Crippen LogP contribution in [0.4, 0.5) is 5.13 Å². The summed E-state index contributed by atoms with van der Waals surface area (Å²) in [5, 5.41) is 15.1. The van der Waals surface area contributed by atoms with Gasteiger partial charge in [-0.05, 0) is 7.05 Å². The molecule has 2 aliphatic rings. The summed E-state index contributed by atoms with van der Waals surface area (Å²) < 4.78 is 2.18. The Labute approximate surface area is 127 Å². The first-order valence-electron chi connectivity index (χ1n) is 7.33. The average Bonchev–Trinajstić information content (AvgIpc) is 3.14. The summed E-state index contributed by atoms with van der Waals surface area (Å²) in [6.07, 6.45) is 0. The first-order chi connectivity index (χ1) is 10.3. The van der Waals surface area contributed by atoms with Crippen molar-refractivity contribution in [1.29, 1.82) is 0 Å². The SMILES string of the molecule is CN1CCN(c2nc(-c3nnc4n3CCNC4)cs2)CC1. The molecule has 0 unspecified atom stereocenters. The molecule has 0 amide bonds. The maximum Gasteiger partial charge on any atom is 0.186 e. The second-order valence-electron chi connectivity index (χ2n) is 5.57. The molecule has 4 heterocycles. The van der Waals surface area contributed by atoms with Crippen molar-refractivity contribution in [1.82, 2.24) is 30.0 Å². The second kappa shape index (κ2) is 5.36. The topological polar surface area (TPSA) is 62.1 Å². The highest BCUT2D eigenvalue weighted by molar-refractivity contribution is 7.14. The Morgan fingerprint density at radius 3 is 2.86 bits per heavy atom. The predicted molar refractivity (Wildman–Crippen MR) is 82.5 cm³/mol. The van der Waals surface area contributed by atoms with E-state index in [1.807, 2.05) is 0 Å². The number of nitrogens with one attached hydrogen (secondary N) is 1. The fraction of sp³-hybridized carbons (Fsp3) is 0.615. The number of hydrogen-bond donors (Lipinski definition) is 1. The Bertz CT molecular complexity index is 626. The Hall–Kier alpha value is -1.51. The van der Waals surface area contributed by atoms with E-state index < -0.39 is 0 Å². The fourth-order valence-electron chi connectivity index (χ4n) is 2.79. The zero-order valence-electron chi connectivity index (χ0n) is 12.1. The number of rotatable bonds is 2. The first kappa shape index (κ1) is 13.2. The minimum atomic E-state index is 0.794. The number of likely N-dealkylation sites (N-methyl/N-ethyl adjacent to an activating group) is 1. The van der Waals surface area contributed by atoms with Crippen molar-refractivity contribution in [2.75, 3.05) is 44.7 Å². The third-order valence-electron chi connectivity index (χ3n) is 4.12. The number of hydrogen-bond acceptors (Lipinski definition) is 7. The number of piperazine rings is 1. The van der Waals surface area contributed by atoms with Gasteiger partial charge in [0.2, 0.25) is 0 Å². The summed E-state index contributed by atoms with van der Waals surface area (Å²) in [6.45, 7) is 6.97. The van der Waals surface area contributed by atoms with Crippen molar-refractivity contribution in [2.24, 2.45) is 0 Å². The van der Waals surface area contributed by atoms with E-state index >= 15 is 0 Å². The summed E-state index contributed by atoms with van der Waals surface area (Å²) in [4.78, 5) is 9.51. The first-order valence-corrected chi connectivity index (χ1v) is 8.21. The van der Waals surface area contributed by atoms with E-state index in [-0.39, 0.29) is 0 Å². The van der Waals surface area contributed by atoms with E-state index in [1.54, 1.807) is 11.3 Å². The van der Waals surface area contributed by atoms with Crippen LogP contribution < -0.4 is 10.2 Å². The molecule has 7 nitrogen and oxygen atoms in total. The smallest absolute Gasteiger partial charge is 0.186 e. The molecule has 4 rings (SSSR count). The van der Waals surface area contributed by atoms with Crippen LogP contribution in [-0.2, 0) is 13.1 Å². The molecule has 21 heavy (non-hydrogen) atoms. The quantitative estimate of drug-likeness (QED) is 0.858. The van der Waals surface area contributed by atoms with Crippen molar-refractivity contribution in [3.05, 3.63) is 11.2 Å². The van der Waals surface area contributed by atoms with Crippen LogP contribution >= 0.6 is 11.3 Å². The van der Waals surface area contributed by atoms with Crippen LogP contribution in [0.5, 0.6) is 0 Å². The van der Waals surface area contributed by atoms with E-state index in [9.17, 15) is 0 Å². The molecule has 2 aromatic heterocycles.